The van der Waals surface area contributed by atoms with Crippen molar-refractivity contribution < 1.29 is 5.11 Å². The van der Waals surface area contributed by atoms with Crippen LogP contribution in [0, 0.1) is 0 Å². The Morgan fingerprint density at radius 1 is 1.25 bits per heavy atom. The first-order valence-corrected chi connectivity index (χ1v) is 5.51. The smallest absolute Gasteiger partial charge is 0.329 e. The molecule has 4 nitrogen and oxygen atoms in total. The molecule has 1 atom stereocenters. The number of nitrogens with zero attached hydrogens (tertiary/aromatic N) is 2. The Bertz CT molecular complexity index is 552. The van der Waals surface area contributed by atoms with Gasteiger partial charge in [0.05, 0.1) is 23.7 Å². The van der Waals surface area contributed by atoms with Crippen molar-refractivity contribution in [2.75, 3.05) is 0 Å². The lowest BCUT2D eigenvalue weighted by Gasteiger charge is -2.04. The fraction of sp³-hybridized carbons (Fsp3) is 0.417. The number of aryl methyl sites for hydroxylation is 1. The Morgan fingerprint density at radius 2 is 1.81 bits per heavy atom. The van der Waals surface area contributed by atoms with Crippen LogP contribution in [0.25, 0.3) is 11.0 Å². The molecule has 4 heteroatoms. The zero-order valence-electron chi connectivity index (χ0n) is 9.55. The molecule has 0 saturated carbocycles. The van der Waals surface area contributed by atoms with Gasteiger partial charge >= 0.3 is 5.69 Å². The molecule has 0 bridgehead atoms. The van der Waals surface area contributed by atoms with Gasteiger partial charge in [-0.1, -0.05) is 12.1 Å². The number of benzene rings is 1. The van der Waals surface area contributed by atoms with E-state index in [1.807, 2.05) is 31.2 Å². The van der Waals surface area contributed by atoms with E-state index >= 15 is 0 Å². The molecule has 16 heavy (non-hydrogen) atoms. The van der Waals surface area contributed by atoms with Crippen LogP contribution in [0.1, 0.15) is 13.8 Å². The molecule has 0 unspecified atom stereocenters. The summed E-state index contributed by atoms with van der Waals surface area (Å²) in [5.74, 6) is 0. The third kappa shape index (κ3) is 1.65. The molecule has 0 aliphatic carbocycles. The summed E-state index contributed by atoms with van der Waals surface area (Å²) in [5.41, 5.74) is 1.76. The van der Waals surface area contributed by atoms with Crippen LogP contribution in [0.2, 0.25) is 0 Å². The van der Waals surface area contributed by atoms with E-state index in [1.54, 1.807) is 16.1 Å². The summed E-state index contributed by atoms with van der Waals surface area (Å²) in [6, 6.07) is 7.66. The molecule has 0 radical (unpaired) electrons. The molecular formula is C12H16N2O2. The number of aliphatic hydroxyl groups excluding tert-OH is 1. The maximum Gasteiger partial charge on any atom is 0.329 e. The summed E-state index contributed by atoms with van der Waals surface area (Å²) in [6.45, 7) is 4.61. The van der Waals surface area contributed by atoms with E-state index in [9.17, 15) is 9.90 Å². The highest BCUT2D eigenvalue weighted by Gasteiger charge is 2.12. The molecule has 0 spiro atoms. The van der Waals surface area contributed by atoms with Crippen molar-refractivity contribution in [3.05, 3.63) is 34.7 Å². The third-order valence-corrected chi connectivity index (χ3v) is 2.69. The van der Waals surface area contributed by atoms with Crippen LogP contribution in [-0.2, 0) is 13.1 Å². The number of aliphatic hydroxyl groups is 1. The van der Waals surface area contributed by atoms with E-state index in [0.29, 0.717) is 13.1 Å². The summed E-state index contributed by atoms with van der Waals surface area (Å²) in [6.07, 6.45) is -0.520. The highest BCUT2D eigenvalue weighted by molar-refractivity contribution is 5.75. The molecule has 0 saturated heterocycles. The highest BCUT2D eigenvalue weighted by atomic mass is 16.3. The quantitative estimate of drug-likeness (QED) is 0.845. The van der Waals surface area contributed by atoms with Gasteiger partial charge in [-0.25, -0.2) is 4.79 Å². The molecule has 2 aromatic rings. The van der Waals surface area contributed by atoms with Crippen molar-refractivity contribution in [1.29, 1.82) is 0 Å². The lowest BCUT2D eigenvalue weighted by Crippen LogP contribution is -2.27. The van der Waals surface area contributed by atoms with Gasteiger partial charge < -0.3 is 5.11 Å². The van der Waals surface area contributed by atoms with Gasteiger partial charge in [-0.15, -0.1) is 0 Å². The maximum atomic E-state index is 12.1. The standard InChI is InChI=1S/C12H16N2O2/c1-3-13-10-6-4-5-7-11(10)14(12(13)16)8-9(2)15/h4-7,9,15H,3,8H2,1-2H3/t9-/m0/s1. The Balaban J connectivity index is 2.72. The first-order chi connectivity index (χ1) is 7.65. The minimum Gasteiger partial charge on any atom is -0.392 e. The predicted octanol–water partition coefficient (Wildman–Crippen LogP) is 1.20. The van der Waals surface area contributed by atoms with Crippen LogP contribution in [0.15, 0.2) is 29.1 Å². The minimum absolute atomic E-state index is 0.0513. The molecule has 1 heterocycles. The molecular weight excluding hydrogens is 204 g/mol. The number of rotatable bonds is 3. The number of hydrogen-bond acceptors (Lipinski definition) is 2. The predicted molar refractivity (Wildman–Crippen MR) is 63.6 cm³/mol. The number of aromatic nitrogens is 2. The summed E-state index contributed by atoms with van der Waals surface area (Å²) in [4.78, 5) is 12.1. The van der Waals surface area contributed by atoms with E-state index in [1.165, 1.54) is 0 Å². The summed E-state index contributed by atoms with van der Waals surface area (Å²) < 4.78 is 3.35. The van der Waals surface area contributed by atoms with Crippen molar-refractivity contribution in [2.24, 2.45) is 0 Å². The minimum atomic E-state index is -0.520. The van der Waals surface area contributed by atoms with Crippen molar-refractivity contribution in [2.45, 2.75) is 33.0 Å². The zero-order chi connectivity index (χ0) is 11.7. The molecule has 2 rings (SSSR count). The van der Waals surface area contributed by atoms with Crippen molar-refractivity contribution in [3.63, 3.8) is 0 Å². The highest BCUT2D eigenvalue weighted by Crippen LogP contribution is 2.12. The number of para-hydroxylation sites is 2. The van der Waals surface area contributed by atoms with Gasteiger partial charge in [0, 0.05) is 6.54 Å². The fourth-order valence-electron chi connectivity index (χ4n) is 2.02. The molecule has 1 N–H and O–H groups in total. The molecule has 0 amide bonds. The van der Waals surface area contributed by atoms with E-state index in [2.05, 4.69) is 0 Å². The van der Waals surface area contributed by atoms with Crippen molar-refractivity contribution in [3.8, 4) is 0 Å². The average molecular weight is 220 g/mol. The van der Waals surface area contributed by atoms with Gasteiger partial charge in [-0.2, -0.15) is 0 Å². The van der Waals surface area contributed by atoms with Crippen LogP contribution < -0.4 is 5.69 Å². The first-order valence-electron chi connectivity index (χ1n) is 5.51. The topological polar surface area (TPSA) is 47.2 Å². The third-order valence-electron chi connectivity index (χ3n) is 2.69. The van der Waals surface area contributed by atoms with E-state index in [0.717, 1.165) is 11.0 Å². The summed E-state index contributed by atoms with van der Waals surface area (Å²) in [7, 11) is 0. The SMILES string of the molecule is CCn1c(=O)n(C[C@H](C)O)c2ccccc21. The Labute approximate surface area is 93.7 Å². The Kier molecular flexibility index (Phi) is 2.83. The van der Waals surface area contributed by atoms with Crippen molar-refractivity contribution >= 4 is 11.0 Å². The van der Waals surface area contributed by atoms with Gasteiger partial charge in [-0.05, 0) is 26.0 Å². The van der Waals surface area contributed by atoms with Gasteiger partial charge in [-0.3, -0.25) is 9.13 Å². The van der Waals surface area contributed by atoms with Crippen LogP contribution in [-0.4, -0.2) is 20.3 Å². The van der Waals surface area contributed by atoms with Gasteiger partial charge in [0.2, 0.25) is 0 Å². The molecule has 0 fully saturated rings. The van der Waals surface area contributed by atoms with Crippen LogP contribution >= 0.6 is 0 Å². The summed E-state index contributed by atoms with van der Waals surface area (Å²) >= 11 is 0. The molecule has 0 aliphatic heterocycles. The van der Waals surface area contributed by atoms with E-state index < -0.39 is 6.10 Å². The molecule has 0 aliphatic rings. The van der Waals surface area contributed by atoms with Crippen LogP contribution in [0.3, 0.4) is 0 Å². The molecule has 86 valence electrons. The largest absolute Gasteiger partial charge is 0.392 e. The average Bonchev–Trinajstić information content (AvgIpc) is 2.52. The van der Waals surface area contributed by atoms with Gasteiger partial charge in [0.25, 0.3) is 0 Å². The molecule has 1 aromatic heterocycles. The monoisotopic (exact) mass is 220 g/mol. The van der Waals surface area contributed by atoms with Gasteiger partial charge in [0.1, 0.15) is 0 Å². The second kappa shape index (κ2) is 4.14. The normalized spacial score (nSPS) is 13.2. The Hall–Kier alpha value is -1.55. The number of hydrogen-bond donors (Lipinski definition) is 1. The van der Waals surface area contributed by atoms with Gasteiger partial charge in [0.15, 0.2) is 0 Å². The summed E-state index contributed by atoms with van der Waals surface area (Å²) in [5, 5.41) is 9.40. The zero-order valence-corrected chi connectivity index (χ0v) is 9.55. The second-order valence-electron chi connectivity index (χ2n) is 3.98. The maximum absolute atomic E-state index is 12.1. The second-order valence-corrected chi connectivity index (χ2v) is 3.98. The fourth-order valence-corrected chi connectivity index (χ4v) is 2.02. The van der Waals surface area contributed by atoms with Crippen molar-refractivity contribution in [1.82, 2.24) is 9.13 Å². The molecule has 1 aromatic carbocycles. The first kappa shape index (κ1) is 11.0. The number of imidazole rings is 1. The van der Waals surface area contributed by atoms with E-state index in [4.69, 9.17) is 0 Å². The van der Waals surface area contributed by atoms with E-state index in [-0.39, 0.29) is 5.69 Å². The van der Waals surface area contributed by atoms with Crippen LogP contribution in [0.5, 0.6) is 0 Å². The van der Waals surface area contributed by atoms with Crippen LogP contribution in [0.4, 0.5) is 0 Å². The Morgan fingerprint density at radius 3 is 2.31 bits per heavy atom. The number of fused-ring (bicyclic) bond motifs is 1. The lowest BCUT2D eigenvalue weighted by molar-refractivity contribution is 0.173. The lowest BCUT2D eigenvalue weighted by atomic mass is 10.3.